The summed E-state index contributed by atoms with van der Waals surface area (Å²) in [6.45, 7) is 2.70. The van der Waals surface area contributed by atoms with Crippen LogP contribution in [0.3, 0.4) is 0 Å². The minimum atomic E-state index is -0.168. The van der Waals surface area contributed by atoms with Gasteiger partial charge in [-0.2, -0.15) is 5.10 Å². The highest BCUT2D eigenvalue weighted by Crippen LogP contribution is 2.28. The van der Waals surface area contributed by atoms with Crippen molar-refractivity contribution in [3.63, 3.8) is 0 Å². The van der Waals surface area contributed by atoms with Crippen molar-refractivity contribution in [2.24, 2.45) is 0 Å². The number of piperidine rings is 1. The number of amides is 3. The molecule has 170 valence electrons. The molecule has 8 heteroatoms. The molecule has 0 spiro atoms. The quantitative estimate of drug-likeness (QED) is 0.626. The summed E-state index contributed by atoms with van der Waals surface area (Å²) in [5, 5.41) is 9.97. The molecule has 0 saturated carbocycles. The molecule has 1 aliphatic rings. The molecule has 3 aromatic rings. The van der Waals surface area contributed by atoms with E-state index in [2.05, 4.69) is 15.5 Å². The fourth-order valence-electron chi connectivity index (χ4n) is 4.07. The van der Waals surface area contributed by atoms with Crippen LogP contribution in [-0.4, -0.2) is 53.0 Å². The number of nitrogens with zero attached hydrogens (tertiary/aromatic N) is 3. The monoisotopic (exact) mass is 445 g/mol. The van der Waals surface area contributed by atoms with E-state index in [9.17, 15) is 14.4 Å². The molecule has 1 saturated heterocycles. The zero-order valence-electron chi connectivity index (χ0n) is 18.7. The molecular weight excluding hydrogens is 418 g/mol. The summed E-state index contributed by atoms with van der Waals surface area (Å²) in [6, 6.07) is 18.2. The molecule has 0 aliphatic carbocycles. The van der Waals surface area contributed by atoms with E-state index in [4.69, 9.17) is 0 Å². The first-order valence-corrected chi connectivity index (χ1v) is 11.0. The minimum absolute atomic E-state index is 0.0206. The first-order valence-electron chi connectivity index (χ1n) is 11.0. The molecule has 0 unspecified atom stereocenters. The second kappa shape index (κ2) is 9.68. The molecule has 4 rings (SSSR count). The Kier molecular flexibility index (Phi) is 6.53. The molecule has 3 amide bonds. The van der Waals surface area contributed by atoms with Crippen molar-refractivity contribution in [3.8, 4) is 0 Å². The van der Waals surface area contributed by atoms with E-state index < -0.39 is 0 Å². The van der Waals surface area contributed by atoms with Crippen LogP contribution < -0.4 is 10.2 Å². The van der Waals surface area contributed by atoms with Crippen molar-refractivity contribution in [2.75, 3.05) is 30.4 Å². The van der Waals surface area contributed by atoms with Crippen molar-refractivity contribution in [3.05, 3.63) is 77.6 Å². The number of carbonyl (C=O) groups is 3. The van der Waals surface area contributed by atoms with E-state index in [-0.39, 0.29) is 23.6 Å². The van der Waals surface area contributed by atoms with Gasteiger partial charge in [-0.15, -0.1) is 0 Å². The van der Waals surface area contributed by atoms with Crippen molar-refractivity contribution < 1.29 is 14.4 Å². The Morgan fingerprint density at radius 1 is 1.03 bits per heavy atom. The third kappa shape index (κ3) is 5.11. The van der Waals surface area contributed by atoms with Crippen LogP contribution in [-0.2, 0) is 4.79 Å². The van der Waals surface area contributed by atoms with Crippen LogP contribution in [0.2, 0.25) is 0 Å². The number of hydrogen-bond donors (Lipinski definition) is 2. The van der Waals surface area contributed by atoms with Crippen LogP contribution in [0.15, 0.2) is 60.7 Å². The molecule has 1 fully saturated rings. The lowest BCUT2D eigenvalue weighted by Crippen LogP contribution is -2.38. The van der Waals surface area contributed by atoms with Gasteiger partial charge in [0.2, 0.25) is 5.91 Å². The molecule has 0 bridgehead atoms. The van der Waals surface area contributed by atoms with Gasteiger partial charge in [0, 0.05) is 55.6 Å². The molecule has 0 radical (unpaired) electrons. The molecular formula is C25H27N5O3. The average Bonchev–Trinajstić information content (AvgIpc) is 3.34. The van der Waals surface area contributed by atoms with E-state index in [1.807, 2.05) is 41.3 Å². The van der Waals surface area contributed by atoms with Crippen molar-refractivity contribution in [1.29, 1.82) is 0 Å². The summed E-state index contributed by atoms with van der Waals surface area (Å²) < 4.78 is 0. The van der Waals surface area contributed by atoms with Crippen LogP contribution in [0.5, 0.6) is 0 Å². The van der Waals surface area contributed by atoms with Crippen LogP contribution >= 0.6 is 0 Å². The maximum Gasteiger partial charge on any atom is 0.278 e. The van der Waals surface area contributed by atoms with Crippen LogP contribution in [0, 0.1) is 0 Å². The third-order valence-electron chi connectivity index (χ3n) is 5.94. The van der Waals surface area contributed by atoms with Gasteiger partial charge in [-0.05, 0) is 55.3 Å². The Labute approximate surface area is 192 Å². The van der Waals surface area contributed by atoms with Crippen molar-refractivity contribution in [2.45, 2.75) is 25.7 Å². The Bertz CT molecular complexity index is 1130. The van der Waals surface area contributed by atoms with E-state index >= 15 is 0 Å². The number of anilines is 2. The lowest BCUT2D eigenvalue weighted by Gasteiger charge is -2.31. The number of rotatable bonds is 5. The van der Waals surface area contributed by atoms with E-state index in [0.717, 1.165) is 24.2 Å². The molecule has 1 aromatic heterocycles. The van der Waals surface area contributed by atoms with E-state index in [1.54, 1.807) is 36.2 Å². The number of nitrogens with one attached hydrogen (secondary N) is 2. The molecule has 2 heterocycles. The Morgan fingerprint density at radius 3 is 2.33 bits per heavy atom. The van der Waals surface area contributed by atoms with Gasteiger partial charge < -0.3 is 15.1 Å². The second-order valence-corrected chi connectivity index (χ2v) is 8.23. The van der Waals surface area contributed by atoms with Gasteiger partial charge in [-0.3, -0.25) is 19.5 Å². The van der Waals surface area contributed by atoms with Gasteiger partial charge in [-0.1, -0.05) is 18.2 Å². The Balaban J connectivity index is 1.34. The largest absolute Gasteiger partial charge is 0.339 e. The second-order valence-electron chi connectivity index (χ2n) is 8.23. The predicted octanol–water partition coefficient (Wildman–Crippen LogP) is 3.66. The smallest absolute Gasteiger partial charge is 0.278 e. The van der Waals surface area contributed by atoms with Gasteiger partial charge in [0.1, 0.15) is 0 Å². The average molecular weight is 446 g/mol. The molecule has 1 aliphatic heterocycles. The first kappa shape index (κ1) is 22.3. The summed E-state index contributed by atoms with van der Waals surface area (Å²) in [4.78, 5) is 40.2. The third-order valence-corrected chi connectivity index (χ3v) is 5.94. The highest BCUT2D eigenvalue weighted by molar-refractivity contribution is 6.04. The highest BCUT2D eigenvalue weighted by Gasteiger charge is 2.27. The standard InChI is InChI=1S/C25H27N5O3/c1-17(31)26-20-10-8-19(9-11-20)24(32)30-14-12-18(13-15-30)22-16-23(28-27-22)25(33)29(2)21-6-4-3-5-7-21/h3-11,16,18H,12-15H2,1-2H3,(H,26,31)(H,27,28). The summed E-state index contributed by atoms with van der Waals surface area (Å²) in [6.07, 6.45) is 1.58. The van der Waals surface area contributed by atoms with E-state index in [0.29, 0.717) is 30.0 Å². The number of aromatic nitrogens is 2. The zero-order chi connectivity index (χ0) is 23.4. The number of para-hydroxylation sites is 1. The number of benzene rings is 2. The minimum Gasteiger partial charge on any atom is -0.339 e. The topological polar surface area (TPSA) is 98.4 Å². The highest BCUT2D eigenvalue weighted by atomic mass is 16.2. The summed E-state index contributed by atoms with van der Waals surface area (Å²) >= 11 is 0. The summed E-state index contributed by atoms with van der Waals surface area (Å²) in [5.74, 6) is -0.120. The molecule has 2 N–H and O–H groups in total. The summed E-state index contributed by atoms with van der Waals surface area (Å²) in [7, 11) is 1.73. The maximum absolute atomic E-state index is 12.8. The maximum atomic E-state index is 12.8. The molecule has 33 heavy (non-hydrogen) atoms. The number of likely N-dealkylation sites (tertiary alicyclic amines) is 1. The number of hydrogen-bond acceptors (Lipinski definition) is 4. The van der Waals surface area contributed by atoms with E-state index in [1.165, 1.54) is 6.92 Å². The van der Waals surface area contributed by atoms with Crippen LogP contribution in [0.25, 0.3) is 0 Å². The predicted molar refractivity (Wildman–Crippen MR) is 126 cm³/mol. The van der Waals surface area contributed by atoms with Crippen LogP contribution in [0.1, 0.15) is 52.2 Å². The van der Waals surface area contributed by atoms with Gasteiger partial charge in [0.25, 0.3) is 11.8 Å². The SMILES string of the molecule is CC(=O)Nc1ccc(C(=O)N2CCC(c3cc(C(=O)N(C)c4ccccc4)n[nH]3)CC2)cc1. The lowest BCUT2D eigenvalue weighted by atomic mass is 9.93. The molecule has 2 aromatic carbocycles. The van der Waals surface area contributed by atoms with Gasteiger partial charge in [0.15, 0.2) is 5.69 Å². The first-order chi connectivity index (χ1) is 15.9. The lowest BCUT2D eigenvalue weighted by molar-refractivity contribution is -0.114. The van der Waals surface area contributed by atoms with Crippen molar-refractivity contribution in [1.82, 2.24) is 15.1 Å². The molecule has 0 atom stereocenters. The normalized spacial score (nSPS) is 14.1. The zero-order valence-corrected chi connectivity index (χ0v) is 18.7. The fraction of sp³-hybridized carbons (Fsp3) is 0.280. The van der Waals surface area contributed by atoms with Gasteiger partial charge in [0.05, 0.1) is 0 Å². The van der Waals surface area contributed by atoms with Crippen molar-refractivity contribution >= 4 is 29.1 Å². The number of H-pyrrole nitrogens is 1. The summed E-state index contributed by atoms with van der Waals surface area (Å²) in [5.41, 5.74) is 3.38. The Hall–Kier alpha value is -3.94. The van der Waals surface area contributed by atoms with Gasteiger partial charge >= 0.3 is 0 Å². The van der Waals surface area contributed by atoms with Crippen LogP contribution in [0.4, 0.5) is 11.4 Å². The van der Waals surface area contributed by atoms with Gasteiger partial charge in [-0.25, -0.2) is 0 Å². The molecule has 8 nitrogen and oxygen atoms in total. The fourth-order valence-corrected chi connectivity index (χ4v) is 4.07. The number of aromatic amines is 1. The number of carbonyl (C=O) groups excluding carboxylic acids is 3. The Morgan fingerprint density at radius 2 is 1.70 bits per heavy atom.